The van der Waals surface area contributed by atoms with Gasteiger partial charge < -0.3 is 16.4 Å². The highest BCUT2D eigenvalue weighted by Gasteiger charge is 2.18. The van der Waals surface area contributed by atoms with Crippen LogP contribution in [0.1, 0.15) is 26.3 Å². The molecule has 24 heavy (non-hydrogen) atoms. The molecule has 1 aromatic rings. The molecule has 0 fully saturated rings. The summed E-state index contributed by atoms with van der Waals surface area (Å²) in [4.78, 5) is 23.5. The van der Waals surface area contributed by atoms with Crippen molar-refractivity contribution in [2.45, 2.75) is 39.3 Å². The Morgan fingerprint density at radius 2 is 1.92 bits per heavy atom. The molecule has 1 unspecified atom stereocenters. The fourth-order valence-electron chi connectivity index (χ4n) is 1.99. The predicted molar refractivity (Wildman–Crippen MR) is 98.5 cm³/mol. The highest BCUT2D eigenvalue weighted by atomic mass is 79.9. The smallest absolute Gasteiger partial charge is 0.239 e. The summed E-state index contributed by atoms with van der Waals surface area (Å²) in [7, 11) is 0. The fraction of sp³-hybridized carbons (Fsp3) is 0.500. The summed E-state index contributed by atoms with van der Waals surface area (Å²) in [6.07, 6.45) is 0.560. The van der Waals surface area contributed by atoms with Gasteiger partial charge >= 0.3 is 0 Å². The van der Waals surface area contributed by atoms with Gasteiger partial charge in [-0.25, -0.2) is 4.39 Å². The van der Waals surface area contributed by atoms with Crippen molar-refractivity contribution in [3.05, 3.63) is 34.1 Å². The van der Waals surface area contributed by atoms with Crippen molar-refractivity contribution >= 4 is 40.2 Å². The Balaban J connectivity index is 0.00000529. The van der Waals surface area contributed by atoms with Crippen molar-refractivity contribution in [1.29, 1.82) is 0 Å². The first-order valence-electron chi connectivity index (χ1n) is 7.47. The normalized spacial score (nSPS) is 13.0. The zero-order chi connectivity index (χ0) is 17.6. The average molecular weight is 425 g/mol. The van der Waals surface area contributed by atoms with Crippen molar-refractivity contribution in [2.75, 3.05) is 6.54 Å². The number of halogens is 3. The van der Waals surface area contributed by atoms with E-state index in [1.807, 2.05) is 20.8 Å². The van der Waals surface area contributed by atoms with Gasteiger partial charge in [-0.3, -0.25) is 9.59 Å². The molecule has 2 amide bonds. The fourth-order valence-corrected chi connectivity index (χ4v) is 2.41. The van der Waals surface area contributed by atoms with Crippen LogP contribution < -0.4 is 16.4 Å². The van der Waals surface area contributed by atoms with E-state index in [4.69, 9.17) is 5.73 Å². The van der Waals surface area contributed by atoms with Crippen LogP contribution in [0, 0.1) is 11.7 Å². The lowest BCUT2D eigenvalue weighted by atomic mass is 10.1. The molecular formula is C16H24BrClFN3O2. The van der Waals surface area contributed by atoms with E-state index in [1.54, 1.807) is 12.1 Å². The van der Waals surface area contributed by atoms with E-state index < -0.39 is 6.04 Å². The maximum Gasteiger partial charge on any atom is 0.239 e. The summed E-state index contributed by atoms with van der Waals surface area (Å²) in [5.74, 6) is -0.947. The van der Waals surface area contributed by atoms with E-state index in [0.29, 0.717) is 10.9 Å². The molecule has 1 aromatic carbocycles. The number of amides is 2. The molecule has 136 valence electrons. The van der Waals surface area contributed by atoms with Crippen LogP contribution in [-0.2, 0) is 16.0 Å². The molecule has 8 heteroatoms. The minimum Gasteiger partial charge on any atom is -0.352 e. The van der Waals surface area contributed by atoms with E-state index in [9.17, 15) is 14.0 Å². The first kappa shape index (κ1) is 22.8. The van der Waals surface area contributed by atoms with Gasteiger partial charge in [-0.1, -0.05) is 19.9 Å². The maximum atomic E-state index is 13.2. The van der Waals surface area contributed by atoms with E-state index in [-0.39, 0.29) is 48.5 Å². The monoisotopic (exact) mass is 423 g/mol. The molecule has 0 aliphatic heterocycles. The standard InChI is InChI=1S/C16H23BrFN3O2.ClH/c1-9(2)15(19)16(23)20-8-14(22)21-10(3)6-11-4-5-13(18)12(17)7-11;/h4-5,7,9-10,15H,6,8,19H2,1-3H3,(H,20,23)(H,21,22);1H/t10?,15-;/m0./s1. The van der Waals surface area contributed by atoms with E-state index in [1.165, 1.54) is 6.07 Å². The topological polar surface area (TPSA) is 84.2 Å². The van der Waals surface area contributed by atoms with Crippen LogP contribution >= 0.6 is 28.3 Å². The Kier molecular flexibility index (Phi) is 10.1. The van der Waals surface area contributed by atoms with E-state index >= 15 is 0 Å². The summed E-state index contributed by atoms with van der Waals surface area (Å²) in [6.45, 7) is 5.41. The number of hydrogen-bond acceptors (Lipinski definition) is 3. The molecule has 0 saturated carbocycles. The summed E-state index contributed by atoms with van der Waals surface area (Å²) < 4.78 is 13.6. The van der Waals surface area contributed by atoms with Gasteiger partial charge in [0.25, 0.3) is 0 Å². The maximum absolute atomic E-state index is 13.2. The molecule has 0 spiro atoms. The van der Waals surface area contributed by atoms with Crippen LogP contribution in [0.5, 0.6) is 0 Å². The molecular weight excluding hydrogens is 401 g/mol. The lowest BCUT2D eigenvalue weighted by Crippen LogP contribution is -2.48. The minimum absolute atomic E-state index is 0. The molecule has 0 heterocycles. The van der Waals surface area contributed by atoms with Crippen molar-refractivity contribution in [3.63, 3.8) is 0 Å². The van der Waals surface area contributed by atoms with Crippen molar-refractivity contribution < 1.29 is 14.0 Å². The molecule has 0 aliphatic carbocycles. The Hall–Kier alpha value is -1.18. The second-order valence-corrected chi connectivity index (χ2v) is 6.76. The Morgan fingerprint density at radius 1 is 1.29 bits per heavy atom. The van der Waals surface area contributed by atoms with Gasteiger partial charge in [0.05, 0.1) is 17.1 Å². The quantitative estimate of drug-likeness (QED) is 0.627. The molecule has 4 N–H and O–H groups in total. The van der Waals surface area contributed by atoms with E-state index in [2.05, 4.69) is 26.6 Å². The first-order chi connectivity index (χ1) is 10.7. The molecule has 0 saturated heterocycles. The third-order valence-corrected chi connectivity index (χ3v) is 3.99. The highest BCUT2D eigenvalue weighted by Crippen LogP contribution is 2.17. The predicted octanol–water partition coefficient (Wildman–Crippen LogP) is 2.16. The molecule has 5 nitrogen and oxygen atoms in total. The first-order valence-corrected chi connectivity index (χ1v) is 8.26. The van der Waals surface area contributed by atoms with Crippen LogP contribution in [0.25, 0.3) is 0 Å². The van der Waals surface area contributed by atoms with Crippen LogP contribution in [0.15, 0.2) is 22.7 Å². The van der Waals surface area contributed by atoms with Crippen LogP contribution in [-0.4, -0.2) is 30.4 Å². The van der Waals surface area contributed by atoms with Gasteiger partial charge in [0, 0.05) is 6.04 Å². The Morgan fingerprint density at radius 3 is 2.46 bits per heavy atom. The zero-order valence-corrected chi connectivity index (χ0v) is 16.3. The third kappa shape index (κ3) is 7.59. The third-order valence-electron chi connectivity index (χ3n) is 3.38. The number of carbonyl (C=O) groups is 2. The van der Waals surface area contributed by atoms with Gasteiger partial charge in [-0.15, -0.1) is 12.4 Å². The summed E-state index contributed by atoms with van der Waals surface area (Å²) >= 11 is 3.13. The van der Waals surface area contributed by atoms with Crippen molar-refractivity contribution in [3.8, 4) is 0 Å². The molecule has 0 bridgehead atoms. The Bertz CT molecular complexity index is 572. The number of carbonyl (C=O) groups excluding carboxylic acids is 2. The number of nitrogens with two attached hydrogens (primary N) is 1. The number of rotatable bonds is 7. The van der Waals surface area contributed by atoms with Crippen LogP contribution in [0.2, 0.25) is 0 Å². The lowest BCUT2D eigenvalue weighted by molar-refractivity contribution is -0.127. The molecule has 0 aliphatic rings. The molecule has 1 rings (SSSR count). The van der Waals surface area contributed by atoms with Gasteiger partial charge in [-0.2, -0.15) is 0 Å². The second-order valence-electron chi connectivity index (χ2n) is 5.91. The molecule has 0 radical (unpaired) electrons. The summed E-state index contributed by atoms with van der Waals surface area (Å²) in [5.41, 5.74) is 6.60. The van der Waals surface area contributed by atoms with E-state index in [0.717, 1.165) is 5.56 Å². The summed E-state index contributed by atoms with van der Waals surface area (Å²) in [5, 5.41) is 5.30. The second kappa shape index (κ2) is 10.6. The van der Waals surface area contributed by atoms with Gasteiger partial charge in [0.15, 0.2) is 0 Å². The zero-order valence-electron chi connectivity index (χ0n) is 13.9. The number of hydrogen-bond donors (Lipinski definition) is 3. The average Bonchev–Trinajstić information content (AvgIpc) is 2.47. The Labute approximate surface area is 156 Å². The minimum atomic E-state index is -0.628. The summed E-state index contributed by atoms with van der Waals surface area (Å²) in [6, 6.07) is 3.96. The van der Waals surface area contributed by atoms with Gasteiger partial charge in [0.1, 0.15) is 5.82 Å². The molecule has 2 atom stereocenters. The van der Waals surface area contributed by atoms with Crippen molar-refractivity contribution in [1.82, 2.24) is 10.6 Å². The number of benzene rings is 1. The van der Waals surface area contributed by atoms with Crippen LogP contribution in [0.4, 0.5) is 4.39 Å². The van der Waals surface area contributed by atoms with Gasteiger partial charge in [0.2, 0.25) is 11.8 Å². The van der Waals surface area contributed by atoms with Gasteiger partial charge in [-0.05, 0) is 52.9 Å². The highest BCUT2D eigenvalue weighted by molar-refractivity contribution is 9.10. The SMILES string of the molecule is CC(Cc1ccc(F)c(Br)c1)NC(=O)CNC(=O)[C@@H](N)C(C)C.Cl. The lowest BCUT2D eigenvalue weighted by Gasteiger charge is -2.17. The van der Waals surface area contributed by atoms with Crippen molar-refractivity contribution in [2.24, 2.45) is 11.7 Å². The molecule has 0 aromatic heterocycles. The largest absolute Gasteiger partial charge is 0.352 e. The number of nitrogens with one attached hydrogen (secondary N) is 2. The van der Waals surface area contributed by atoms with Crippen LogP contribution in [0.3, 0.4) is 0 Å².